The number of H-pyrrole nitrogens is 1. The zero-order valence-electron chi connectivity index (χ0n) is 8.69. The quantitative estimate of drug-likeness (QED) is 0.784. The minimum absolute atomic E-state index is 0.127. The second-order valence-corrected chi connectivity index (χ2v) is 3.33. The normalized spacial score (nSPS) is 10.5. The van der Waals surface area contributed by atoms with Gasteiger partial charge in [-0.2, -0.15) is 0 Å². The summed E-state index contributed by atoms with van der Waals surface area (Å²) in [5, 5.41) is 0. The second kappa shape index (κ2) is 3.68. The SMILES string of the molecule is CCc1cc(=O)[nH]c(-c2cncn2C)n1. The van der Waals surface area contributed by atoms with Gasteiger partial charge in [-0.25, -0.2) is 9.97 Å². The van der Waals surface area contributed by atoms with Gasteiger partial charge in [0.05, 0.1) is 12.5 Å². The molecule has 0 saturated carbocycles. The lowest BCUT2D eigenvalue weighted by molar-refractivity contribution is 0.895. The number of aromatic amines is 1. The first-order valence-corrected chi connectivity index (χ1v) is 4.77. The molecule has 5 nitrogen and oxygen atoms in total. The van der Waals surface area contributed by atoms with E-state index in [1.165, 1.54) is 6.07 Å². The molecule has 2 aromatic heterocycles. The molecule has 0 spiro atoms. The van der Waals surface area contributed by atoms with E-state index < -0.39 is 0 Å². The minimum atomic E-state index is -0.127. The third-order valence-electron chi connectivity index (χ3n) is 2.22. The Labute approximate surface area is 86.8 Å². The van der Waals surface area contributed by atoms with Crippen LogP contribution in [0.3, 0.4) is 0 Å². The minimum Gasteiger partial charge on any atom is -0.331 e. The fraction of sp³-hybridized carbons (Fsp3) is 0.300. The molecule has 0 aliphatic heterocycles. The summed E-state index contributed by atoms with van der Waals surface area (Å²) in [7, 11) is 1.86. The summed E-state index contributed by atoms with van der Waals surface area (Å²) in [5.41, 5.74) is 1.47. The summed E-state index contributed by atoms with van der Waals surface area (Å²) in [5.74, 6) is 0.569. The van der Waals surface area contributed by atoms with E-state index in [0.717, 1.165) is 17.8 Å². The first-order valence-electron chi connectivity index (χ1n) is 4.77. The topological polar surface area (TPSA) is 63.6 Å². The molecule has 0 amide bonds. The maximum absolute atomic E-state index is 11.4. The molecular weight excluding hydrogens is 192 g/mol. The van der Waals surface area contributed by atoms with Crippen LogP contribution >= 0.6 is 0 Å². The number of rotatable bonds is 2. The molecule has 0 atom stereocenters. The molecule has 0 aromatic carbocycles. The van der Waals surface area contributed by atoms with E-state index in [1.54, 1.807) is 12.5 Å². The summed E-state index contributed by atoms with van der Waals surface area (Å²) in [6.07, 6.45) is 4.10. The maximum atomic E-state index is 11.4. The lowest BCUT2D eigenvalue weighted by Gasteiger charge is -2.02. The summed E-state index contributed by atoms with van der Waals surface area (Å²) < 4.78 is 1.82. The van der Waals surface area contributed by atoms with Crippen molar-refractivity contribution < 1.29 is 0 Å². The Morgan fingerprint density at radius 3 is 2.93 bits per heavy atom. The van der Waals surface area contributed by atoms with E-state index >= 15 is 0 Å². The molecule has 0 saturated heterocycles. The first kappa shape index (κ1) is 9.64. The highest BCUT2D eigenvalue weighted by Crippen LogP contribution is 2.11. The van der Waals surface area contributed by atoms with Crippen molar-refractivity contribution in [2.24, 2.45) is 7.05 Å². The van der Waals surface area contributed by atoms with E-state index in [9.17, 15) is 4.79 Å². The molecule has 5 heteroatoms. The monoisotopic (exact) mass is 204 g/mol. The number of hydrogen-bond donors (Lipinski definition) is 1. The van der Waals surface area contributed by atoms with Gasteiger partial charge in [0.15, 0.2) is 5.82 Å². The number of hydrogen-bond acceptors (Lipinski definition) is 3. The van der Waals surface area contributed by atoms with Crippen molar-refractivity contribution in [1.82, 2.24) is 19.5 Å². The van der Waals surface area contributed by atoms with Gasteiger partial charge < -0.3 is 9.55 Å². The van der Waals surface area contributed by atoms with Gasteiger partial charge in [0, 0.05) is 18.8 Å². The van der Waals surface area contributed by atoms with Crippen molar-refractivity contribution in [3.63, 3.8) is 0 Å². The number of nitrogens with zero attached hydrogens (tertiary/aromatic N) is 3. The van der Waals surface area contributed by atoms with E-state index in [-0.39, 0.29) is 5.56 Å². The van der Waals surface area contributed by atoms with Gasteiger partial charge in [0.2, 0.25) is 0 Å². The zero-order chi connectivity index (χ0) is 10.8. The van der Waals surface area contributed by atoms with Crippen LogP contribution in [0.15, 0.2) is 23.4 Å². The van der Waals surface area contributed by atoms with E-state index in [0.29, 0.717) is 5.82 Å². The van der Waals surface area contributed by atoms with Crippen molar-refractivity contribution in [3.05, 3.63) is 34.6 Å². The van der Waals surface area contributed by atoms with E-state index in [4.69, 9.17) is 0 Å². The maximum Gasteiger partial charge on any atom is 0.251 e. The van der Waals surface area contributed by atoms with Crippen LogP contribution in [0.2, 0.25) is 0 Å². The average Bonchev–Trinajstić information content (AvgIpc) is 2.63. The Morgan fingerprint density at radius 1 is 1.53 bits per heavy atom. The lowest BCUT2D eigenvalue weighted by atomic mass is 10.3. The smallest absolute Gasteiger partial charge is 0.251 e. The Morgan fingerprint density at radius 2 is 2.33 bits per heavy atom. The number of nitrogens with one attached hydrogen (secondary N) is 1. The fourth-order valence-corrected chi connectivity index (χ4v) is 1.40. The predicted molar refractivity (Wildman–Crippen MR) is 56.4 cm³/mol. The summed E-state index contributed by atoms with van der Waals surface area (Å²) >= 11 is 0. The summed E-state index contributed by atoms with van der Waals surface area (Å²) in [6.45, 7) is 1.97. The predicted octanol–water partition coefficient (Wildman–Crippen LogP) is 0.733. The van der Waals surface area contributed by atoms with E-state index in [1.807, 2.05) is 18.5 Å². The summed E-state index contributed by atoms with van der Waals surface area (Å²) in [4.78, 5) is 22.4. The van der Waals surface area contributed by atoms with Crippen LogP contribution in [0.25, 0.3) is 11.5 Å². The Bertz CT molecular complexity index is 526. The Balaban J connectivity index is 2.58. The third-order valence-corrected chi connectivity index (χ3v) is 2.22. The molecule has 0 fully saturated rings. The fourth-order valence-electron chi connectivity index (χ4n) is 1.40. The standard InChI is InChI=1S/C10H12N4O/c1-3-7-4-9(15)13-10(12-7)8-5-11-6-14(8)2/h4-6H,3H2,1-2H3,(H,12,13,15). The third kappa shape index (κ3) is 1.81. The number of aryl methyl sites for hydroxylation is 2. The molecule has 15 heavy (non-hydrogen) atoms. The molecule has 2 aromatic rings. The number of imidazole rings is 1. The van der Waals surface area contributed by atoms with Gasteiger partial charge in [0.25, 0.3) is 5.56 Å². The molecule has 0 radical (unpaired) electrons. The van der Waals surface area contributed by atoms with Crippen LogP contribution in [0.1, 0.15) is 12.6 Å². The van der Waals surface area contributed by atoms with Crippen LogP contribution in [-0.4, -0.2) is 19.5 Å². The molecule has 0 aliphatic carbocycles. The number of aromatic nitrogens is 4. The van der Waals surface area contributed by atoms with Gasteiger partial charge >= 0.3 is 0 Å². The van der Waals surface area contributed by atoms with Crippen LogP contribution in [0.4, 0.5) is 0 Å². The van der Waals surface area contributed by atoms with Crippen molar-refractivity contribution >= 4 is 0 Å². The van der Waals surface area contributed by atoms with Gasteiger partial charge in [-0.15, -0.1) is 0 Å². The van der Waals surface area contributed by atoms with Crippen LogP contribution in [0, 0.1) is 0 Å². The molecule has 0 bridgehead atoms. The molecular formula is C10H12N4O. The Hall–Kier alpha value is -1.91. The largest absolute Gasteiger partial charge is 0.331 e. The van der Waals surface area contributed by atoms with Gasteiger partial charge in [-0.05, 0) is 6.42 Å². The van der Waals surface area contributed by atoms with Crippen molar-refractivity contribution in [2.75, 3.05) is 0 Å². The van der Waals surface area contributed by atoms with Crippen molar-refractivity contribution in [3.8, 4) is 11.5 Å². The van der Waals surface area contributed by atoms with Crippen molar-refractivity contribution in [2.45, 2.75) is 13.3 Å². The highest BCUT2D eigenvalue weighted by Gasteiger charge is 2.06. The zero-order valence-corrected chi connectivity index (χ0v) is 8.69. The highest BCUT2D eigenvalue weighted by molar-refractivity contribution is 5.47. The van der Waals surface area contributed by atoms with Crippen molar-refractivity contribution in [1.29, 1.82) is 0 Å². The van der Waals surface area contributed by atoms with Crippen LogP contribution in [0.5, 0.6) is 0 Å². The van der Waals surface area contributed by atoms with Gasteiger partial charge in [0.1, 0.15) is 5.69 Å². The van der Waals surface area contributed by atoms with Gasteiger partial charge in [-0.1, -0.05) is 6.92 Å². The highest BCUT2D eigenvalue weighted by atomic mass is 16.1. The molecule has 2 heterocycles. The van der Waals surface area contributed by atoms with Crippen LogP contribution in [-0.2, 0) is 13.5 Å². The lowest BCUT2D eigenvalue weighted by Crippen LogP contribution is -2.11. The summed E-state index contributed by atoms with van der Waals surface area (Å²) in [6, 6.07) is 1.51. The van der Waals surface area contributed by atoms with E-state index in [2.05, 4.69) is 15.0 Å². The first-order chi connectivity index (χ1) is 7.20. The van der Waals surface area contributed by atoms with Gasteiger partial charge in [-0.3, -0.25) is 4.79 Å². The molecule has 1 N–H and O–H groups in total. The molecule has 0 aliphatic rings. The molecule has 78 valence electrons. The van der Waals surface area contributed by atoms with Crippen LogP contribution < -0.4 is 5.56 Å². The second-order valence-electron chi connectivity index (χ2n) is 3.33. The molecule has 2 rings (SSSR count). The Kier molecular flexibility index (Phi) is 2.37. The average molecular weight is 204 g/mol. The molecule has 0 unspecified atom stereocenters.